The second kappa shape index (κ2) is 14.3. The van der Waals surface area contributed by atoms with Crippen molar-refractivity contribution < 1.29 is 0 Å². The van der Waals surface area contributed by atoms with E-state index in [1.54, 1.807) is 5.56 Å². The van der Waals surface area contributed by atoms with Crippen molar-refractivity contribution in [1.29, 1.82) is 0 Å². The molecule has 4 aliphatic carbocycles. The SMILES string of the molecule is c1ccc(-c2cccc(-c3ccc(N(c4ccc(-c5ccccc5-n5c6ccccc6c6ccccc65)cc4)c4ccc(C56CC7C[C@H](C5)C[C@H](C7)C6)cc4)cc3)c2)cc1. The molecule has 0 aliphatic heterocycles. The summed E-state index contributed by atoms with van der Waals surface area (Å²) in [4.78, 5) is 2.44. The largest absolute Gasteiger partial charge is 0.311 e. The maximum Gasteiger partial charge on any atom is 0.0541 e. The van der Waals surface area contributed by atoms with E-state index in [4.69, 9.17) is 0 Å². The molecule has 0 saturated heterocycles. The lowest BCUT2D eigenvalue weighted by Gasteiger charge is -2.57. The minimum absolute atomic E-state index is 0.374. The van der Waals surface area contributed by atoms with E-state index in [-0.39, 0.29) is 0 Å². The molecule has 1 heterocycles. The van der Waals surface area contributed by atoms with Crippen LogP contribution >= 0.6 is 0 Å². The molecule has 2 nitrogen and oxygen atoms in total. The molecule has 0 amide bonds. The molecule has 60 heavy (non-hydrogen) atoms. The van der Waals surface area contributed by atoms with Crippen molar-refractivity contribution in [3.63, 3.8) is 0 Å². The van der Waals surface area contributed by atoms with E-state index in [0.29, 0.717) is 5.41 Å². The molecule has 2 heteroatoms. The van der Waals surface area contributed by atoms with Gasteiger partial charge in [-0.25, -0.2) is 0 Å². The van der Waals surface area contributed by atoms with Crippen LogP contribution in [0.1, 0.15) is 44.1 Å². The van der Waals surface area contributed by atoms with E-state index in [1.165, 1.54) is 105 Å². The van der Waals surface area contributed by atoms with Crippen LogP contribution < -0.4 is 4.90 Å². The first kappa shape index (κ1) is 35.3. The number of hydrogen-bond acceptors (Lipinski definition) is 1. The van der Waals surface area contributed by atoms with Crippen molar-refractivity contribution in [1.82, 2.24) is 4.57 Å². The van der Waals surface area contributed by atoms with Gasteiger partial charge in [0, 0.05) is 33.4 Å². The molecule has 0 N–H and O–H groups in total. The highest BCUT2D eigenvalue weighted by Crippen LogP contribution is 2.61. The van der Waals surface area contributed by atoms with Crippen LogP contribution in [0.3, 0.4) is 0 Å². The minimum Gasteiger partial charge on any atom is -0.311 e. The van der Waals surface area contributed by atoms with Gasteiger partial charge in [-0.1, -0.05) is 140 Å². The van der Waals surface area contributed by atoms with Gasteiger partial charge >= 0.3 is 0 Å². The van der Waals surface area contributed by atoms with Crippen LogP contribution in [0.15, 0.2) is 200 Å². The fourth-order valence-electron chi connectivity index (χ4n) is 12.1. The van der Waals surface area contributed by atoms with Crippen LogP contribution in [-0.2, 0) is 5.41 Å². The first-order valence-corrected chi connectivity index (χ1v) is 22.0. The molecular weight excluding hydrogens is 725 g/mol. The molecule has 9 aromatic rings. The summed E-state index contributed by atoms with van der Waals surface area (Å²) in [7, 11) is 0. The average molecular weight is 773 g/mol. The van der Waals surface area contributed by atoms with Gasteiger partial charge in [0.2, 0.25) is 0 Å². The minimum atomic E-state index is 0.374. The zero-order valence-corrected chi connectivity index (χ0v) is 33.9. The van der Waals surface area contributed by atoms with Gasteiger partial charge in [0.25, 0.3) is 0 Å². The predicted molar refractivity (Wildman–Crippen MR) is 252 cm³/mol. The lowest BCUT2D eigenvalue weighted by atomic mass is 9.48. The Kier molecular flexibility index (Phi) is 8.40. The number of para-hydroxylation sites is 3. The molecule has 8 aromatic carbocycles. The van der Waals surface area contributed by atoms with Gasteiger partial charge in [-0.05, 0) is 156 Å². The standard InChI is InChI=1S/C58H48N2/c1-2-11-43(12-3-1)46-13-10-14-47(36-46)44-21-27-49(28-22-44)59(51-31-25-48(26-32-51)58-37-40-33-41(38-58)35-42(34-40)39-58)50-29-23-45(24-30-50)52-15-4-7-18-55(52)60-56-19-8-5-16-53(56)54-17-6-9-20-57(54)60/h1-32,36,40-42H,33-35,37-39H2/t40-,41-,42?,58?/m1/s1. The molecule has 0 atom stereocenters. The normalized spacial score (nSPS) is 20.5. The lowest BCUT2D eigenvalue weighted by Crippen LogP contribution is -2.48. The smallest absolute Gasteiger partial charge is 0.0541 e. The highest BCUT2D eigenvalue weighted by molar-refractivity contribution is 6.09. The summed E-state index contributed by atoms with van der Waals surface area (Å²) in [5.74, 6) is 2.79. The van der Waals surface area contributed by atoms with Crippen LogP contribution in [0.4, 0.5) is 17.1 Å². The van der Waals surface area contributed by atoms with Crippen LogP contribution in [0.2, 0.25) is 0 Å². The topological polar surface area (TPSA) is 8.17 Å². The molecule has 13 rings (SSSR count). The second-order valence-corrected chi connectivity index (χ2v) is 18.0. The molecule has 4 saturated carbocycles. The Morgan fingerprint density at radius 1 is 0.383 bits per heavy atom. The first-order chi connectivity index (χ1) is 29.7. The lowest BCUT2D eigenvalue weighted by molar-refractivity contribution is -0.00518. The van der Waals surface area contributed by atoms with Crippen LogP contribution in [-0.4, -0.2) is 4.57 Å². The summed E-state index contributed by atoms with van der Waals surface area (Å²) >= 11 is 0. The number of aromatic nitrogens is 1. The Labute approximate surface area is 353 Å². The summed E-state index contributed by atoms with van der Waals surface area (Å²) < 4.78 is 2.43. The second-order valence-electron chi connectivity index (χ2n) is 18.0. The molecule has 0 spiro atoms. The Morgan fingerprint density at radius 3 is 1.42 bits per heavy atom. The number of hydrogen-bond donors (Lipinski definition) is 0. The van der Waals surface area contributed by atoms with Crippen molar-refractivity contribution in [2.24, 2.45) is 17.8 Å². The maximum atomic E-state index is 2.48. The van der Waals surface area contributed by atoms with Gasteiger partial charge in [0.1, 0.15) is 0 Å². The third-order valence-electron chi connectivity index (χ3n) is 14.4. The van der Waals surface area contributed by atoms with Crippen LogP contribution in [0.25, 0.3) is 60.9 Å². The zero-order chi connectivity index (χ0) is 39.6. The summed E-state index contributed by atoms with van der Waals surface area (Å²) in [6, 6.07) is 74.1. The van der Waals surface area contributed by atoms with Gasteiger partial charge in [-0.3, -0.25) is 0 Å². The van der Waals surface area contributed by atoms with Gasteiger partial charge in [0.05, 0.1) is 16.7 Å². The Morgan fingerprint density at radius 2 is 0.833 bits per heavy atom. The van der Waals surface area contributed by atoms with Crippen LogP contribution in [0, 0.1) is 17.8 Å². The van der Waals surface area contributed by atoms with Crippen molar-refractivity contribution in [3.05, 3.63) is 206 Å². The predicted octanol–water partition coefficient (Wildman–Crippen LogP) is 15.7. The average Bonchev–Trinajstić information content (AvgIpc) is 3.64. The number of benzene rings is 8. The van der Waals surface area contributed by atoms with Crippen molar-refractivity contribution in [2.45, 2.75) is 43.9 Å². The molecule has 4 aliphatic rings. The molecule has 1 aromatic heterocycles. The third-order valence-corrected chi connectivity index (χ3v) is 14.4. The Hall–Kier alpha value is -6.64. The Bertz CT molecular complexity index is 2900. The highest BCUT2D eigenvalue weighted by atomic mass is 15.1. The van der Waals surface area contributed by atoms with E-state index in [0.717, 1.165) is 29.1 Å². The monoisotopic (exact) mass is 772 g/mol. The summed E-state index contributed by atoms with van der Waals surface area (Å²) in [5, 5.41) is 2.55. The number of rotatable bonds is 8. The number of fused-ring (bicyclic) bond motifs is 3. The quantitative estimate of drug-likeness (QED) is 0.149. The van der Waals surface area contributed by atoms with Crippen molar-refractivity contribution in [2.75, 3.05) is 4.90 Å². The molecule has 4 fully saturated rings. The summed E-state index contributed by atoms with van der Waals surface area (Å²) in [5.41, 5.74) is 16.4. The van der Waals surface area contributed by atoms with Gasteiger partial charge in [-0.15, -0.1) is 0 Å². The number of nitrogens with zero attached hydrogens (tertiary/aromatic N) is 2. The van der Waals surface area contributed by atoms with E-state index in [1.807, 2.05) is 0 Å². The first-order valence-electron chi connectivity index (χ1n) is 22.0. The van der Waals surface area contributed by atoms with Crippen molar-refractivity contribution >= 4 is 38.9 Å². The van der Waals surface area contributed by atoms with E-state index in [2.05, 4.69) is 210 Å². The number of anilines is 3. The summed E-state index contributed by atoms with van der Waals surface area (Å²) in [6.45, 7) is 0. The molecule has 4 bridgehead atoms. The van der Waals surface area contributed by atoms with Crippen LogP contribution in [0.5, 0.6) is 0 Å². The molecular formula is C58H48N2. The van der Waals surface area contributed by atoms with Gasteiger partial charge in [0.15, 0.2) is 0 Å². The highest BCUT2D eigenvalue weighted by Gasteiger charge is 2.51. The summed E-state index contributed by atoms with van der Waals surface area (Å²) in [6.07, 6.45) is 8.55. The van der Waals surface area contributed by atoms with Gasteiger partial charge < -0.3 is 9.47 Å². The van der Waals surface area contributed by atoms with E-state index >= 15 is 0 Å². The fourth-order valence-corrected chi connectivity index (χ4v) is 12.1. The van der Waals surface area contributed by atoms with Gasteiger partial charge in [-0.2, -0.15) is 0 Å². The van der Waals surface area contributed by atoms with E-state index in [9.17, 15) is 0 Å². The van der Waals surface area contributed by atoms with E-state index < -0.39 is 0 Å². The van der Waals surface area contributed by atoms with Crippen molar-refractivity contribution in [3.8, 4) is 39.1 Å². The molecule has 290 valence electrons. The third kappa shape index (κ3) is 6.00. The Balaban J connectivity index is 0.925. The zero-order valence-electron chi connectivity index (χ0n) is 33.9. The molecule has 0 radical (unpaired) electrons. The maximum absolute atomic E-state index is 2.48. The molecule has 0 unspecified atom stereocenters. The fraction of sp³-hybridized carbons (Fsp3) is 0.172.